The third kappa shape index (κ3) is 5.22. The molecule has 0 saturated carbocycles. The van der Waals surface area contributed by atoms with Crippen LogP contribution in [0.15, 0.2) is 40.6 Å². The predicted octanol–water partition coefficient (Wildman–Crippen LogP) is 3.04. The van der Waals surface area contributed by atoms with Gasteiger partial charge in [-0.2, -0.15) is 0 Å². The fourth-order valence-corrected chi connectivity index (χ4v) is 3.05. The lowest BCUT2D eigenvalue weighted by molar-refractivity contribution is 0.241. The summed E-state index contributed by atoms with van der Waals surface area (Å²) in [6, 6.07) is 10.0. The number of rotatable bonds is 6. The van der Waals surface area contributed by atoms with Gasteiger partial charge in [-0.3, -0.25) is 0 Å². The number of thioether (sulfide) groups is 1. The van der Waals surface area contributed by atoms with Crippen molar-refractivity contribution >= 4 is 29.1 Å². The van der Waals surface area contributed by atoms with Crippen molar-refractivity contribution in [1.82, 2.24) is 15.6 Å². The molecule has 0 aliphatic carbocycles. The Balaban J connectivity index is 1.58. The van der Waals surface area contributed by atoms with Crippen LogP contribution in [0.25, 0.3) is 0 Å². The Morgan fingerprint density at radius 2 is 2.10 bits per heavy atom. The van der Waals surface area contributed by atoms with E-state index in [0.717, 1.165) is 16.5 Å². The van der Waals surface area contributed by atoms with Crippen LogP contribution in [-0.4, -0.2) is 23.3 Å². The number of aryl methyl sites for hydroxylation is 1. The lowest BCUT2D eigenvalue weighted by Crippen LogP contribution is -2.36. The zero-order valence-corrected chi connectivity index (χ0v) is 12.9. The van der Waals surface area contributed by atoms with E-state index in [0.29, 0.717) is 13.1 Å². The molecule has 0 spiro atoms. The van der Waals surface area contributed by atoms with Gasteiger partial charge in [-0.15, -0.1) is 23.1 Å². The number of amides is 2. The molecule has 0 unspecified atom stereocenters. The molecule has 1 aromatic heterocycles. The molecule has 0 fully saturated rings. The van der Waals surface area contributed by atoms with Gasteiger partial charge in [0.15, 0.2) is 0 Å². The quantitative estimate of drug-likeness (QED) is 0.637. The van der Waals surface area contributed by atoms with Crippen molar-refractivity contribution < 1.29 is 4.79 Å². The van der Waals surface area contributed by atoms with Gasteiger partial charge in [0.2, 0.25) is 0 Å². The van der Waals surface area contributed by atoms with Crippen LogP contribution >= 0.6 is 23.1 Å². The largest absolute Gasteiger partial charge is 0.337 e. The number of urea groups is 1. The van der Waals surface area contributed by atoms with Crippen LogP contribution < -0.4 is 10.6 Å². The van der Waals surface area contributed by atoms with E-state index in [1.807, 2.05) is 30.5 Å². The van der Waals surface area contributed by atoms with Gasteiger partial charge in [-0.25, -0.2) is 9.78 Å². The topological polar surface area (TPSA) is 54.0 Å². The van der Waals surface area contributed by atoms with Gasteiger partial charge in [0.05, 0.1) is 6.54 Å². The number of benzene rings is 1. The average Bonchev–Trinajstić information content (AvgIpc) is 2.88. The monoisotopic (exact) mass is 307 g/mol. The molecule has 6 heteroatoms. The zero-order chi connectivity index (χ0) is 14.2. The Morgan fingerprint density at radius 3 is 2.80 bits per heavy atom. The summed E-state index contributed by atoms with van der Waals surface area (Å²) < 4.78 is 0. The Morgan fingerprint density at radius 1 is 1.30 bits per heavy atom. The van der Waals surface area contributed by atoms with Crippen molar-refractivity contribution in [1.29, 1.82) is 0 Å². The van der Waals surface area contributed by atoms with Crippen LogP contribution in [0.2, 0.25) is 0 Å². The lowest BCUT2D eigenvalue weighted by atomic mass is 10.4. The van der Waals surface area contributed by atoms with E-state index in [-0.39, 0.29) is 6.03 Å². The lowest BCUT2D eigenvalue weighted by Gasteiger charge is -2.06. The summed E-state index contributed by atoms with van der Waals surface area (Å²) in [5.41, 5.74) is 0.992. The number of nitrogens with zero attached hydrogens (tertiary/aromatic N) is 1. The zero-order valence-electron chi connectivity index (χ0n) is 11.3. The van der Waals surface area contributed by atoms with Crippen LogP contribution in [-0.2, 0) is 6.54 Å². The maximum absolute atomic E-state index is 11.6. The Hall–Kier alpha value is -1.53. The first-order valence-electron chi connectivity index (χ1n) is 6.34. The molecule has 0 aliphatic heterocycles. The second-order valence-electron chi connectivity index (χ2n) is 4.15. The summed E-state index contributed by atoms with van der Waals surface area (Å²) in [5.74, 6) is 0.855. The molecule has 0 atom stereocenters. The number of hydrogen-bond donors (Lipinski definition) is 2. The van der Waals surface area contributed by atoms with Crippen LogP contribution in [0.1, 0.15) is 10.7 Å². The number of nitrogens with one attached hydrogen (secondary N) is 2. The van der Waals surface area contributed by atoms with E-state index in [4.69, 9.17) is 0 Å². The molecule has 1 heterocycles. The van der Waals surface area contributed by atoms with Crippen molar-refractivity contribution in [2.45, 2.75) is 18.4 Å². The first kappa shape index (κ1) is 14.9. The maximum atomic E-state index is 11.6. The summed E-state index contributed by atoms with van der Waals surface area (Å²) in [4.78, 5) is 17.1. The number of carbonyl (C=O) groups excluding carboxylic acids is 1. The molecular weight excluding hydrogens is 290 g/mol. The van der Waals surface area contributed by atoms with Crippen molar-refractivity contribution in [3.63, 3.8) is 0 Å². The second kappa shape index (κ2) is 7.91. The summed E-state index contributed by atoms with van der Waals surface area (Å²) in [6.45, 7) is 3.07. The molecule has 0 bridgehead atoms. The average molecular weight is 307 g/mol. The third-order valence-corrected chi connectivity index (χ3v) is 4.45. The van der Waals surface area contributed by atoms with Crippen LogP contribution in [0, 0.1) is 6.92 Å². The van der Waals surface area contributed by atoms with Crippen molar-refractivity contribution in [3.05, 3.63) is 46.4 Å². The van der Waals surface area contributed by atoms with Gasteiger partial charge in [0.25, 0.3) is 0 Å². The molecule has 4 nitrogen and oxygen atoms in total. The highest BCUT2D eigenvalue weighted by Crippen LogP contribution is 2.15. The van der Waals surface area contributed by atoms with E-state index < -0.39 is 0 Å². The predicted molar refractivity (Wildman–Crippen MR) is 84.3 cm³/mol. The van der Waals surface area contributed by atoms with E-state index in [9.17, 15) is 4.79 Å². The van der Waals surface area contributed by atoms with Gasteiger partial charge in [-0.1, -0.05) is 18.2 Å². The molecule has 106 valence electrons. The van der Waals surface area contributed by atoms with E-state index in [1.165, 1.54) is 4.90 Å². The molecule has 1 aromatic carbocycles. The number of hydrogen-bond acceptors (Lipinski definition) is 4. The first-order valence-corrected chi connectivity index (χ1v) is 8.21. The van der Waals surface area contributed by atoms with E-state index in [2.05, 4.69) is 27.8 Å². The Kier molecular flexibility index (Phi) is 5.88. The molecular formula is C14H17N3OS2. The Bertz CT molecular complexity index is 542. The van der Waals surface area contributed by atoms with Crippen LogP contribution in [0.5, 0.6) is 0 Å². The summed E-state index contributed by atoms with van der Waals surface area (Å²) >= 11 is 3.29. The molecule has 0 radical (unpaired) electrons. The minimum atomic E-state index is -0.147. The third-order valence-electron chi connectivity index (χ3n) is 2.47. The van der Waals surface area contributed by atoms with Crippen molar-refractivity contribution in [2.75, 3.05) is 12.3 Å². The highest BCUT2D eigenvalue weighted by atomic mass is 32.2. The van der Waals surface area contributed by atoms with Crippen molar-refractivity contribution in [2.24, 2.45) is 0 Å². The van der Waals surface area contributed by atoms with Crippen LogP contribution in [0.4, 0.5) is 4.79 Å². The number of carbonyl (C=O) groups is 1. The molecule has 2 aromatic rings. The second-order valence-corrected chi connectivity index (χ2v) is 6.26. The SMILES string of the molecule is Cc1csc(CNC(=O)NCCSc2ccccc2)n1. The molecule has 0 saturated heterocycles. The number of aromatic nitrogens is 1. The molecule has 2 amide bonds. The highest BCUT2D eigenvalue weighted by Gasteiger charge is 2.02. The van der Waals surface area contributed by atoms with Gasteiger partial charge >= 0.3 is 6.03 Å². The number of thiazole rings is 1. The fourth-order valence-electron chi connectivity index (χ4n) is 1.55. The normalized spacial score (nSPS) is 10.2. The summed E-state index contributed by atoms with van der Waals surface area (Å²) in [6.07, 6.45) is 0. The van der Waals surface area contributed by atoms with Gasteiger partial charge < -0.3 is 10.6 Å². The van der Waals surface area contributed by atoms with Gasteiger partial charge in [0, 0.05) is 28.3 Å². The molecule has 2 rings (SSSR count). The smallest absolute Gasteiger partial charge is 0.315 e. The van der Waals surface area contributed by atoms with E-state index >= 15 is 0 Å². The fraction of sp³-hybridized carbons (Fsp3) is 0.286. The molecule has 20 heavy (non-hydrogen) atoms. The molecule has 0 aliphatic rings. The van der Waals surface area contributed by atoms with E-state index in [1.54, 1.807) is 23.1 Å². The van der Waals surface area contributed by atoms with Gasteiger partial charge in [-0.05, 0) is 19.1 Å². The minimum absolute atomic E-state index is 0.147. The minimum Gasteiger partial charge on any atom is -0.337 e. The van der Waals surface area contributed by atoms with Gasteiger partial charge in [0.1, 0.15) is 5.01 Å². The maximum Gasteiger partial charge on any atom is 0.315 e. The first-order chi connectivity index (χ1) is 9.74. The van der Waals surface area contributed by atoms with Crippen LogP contribution in [0.3, 0.4) is 0 Å². The highest BCUT2D eigenvalue weighted by molar-refractivity contribution is 7.99. The molecule has 2 N–H and O–H groups in total. The summed E-state index contributed by atoms with van der Waals surface area (Å²) in [5, 5.41) is 8.54. The standard InChI is InChI=1S/C14H17N3OS2/c1-11-10-20-13(17-11)9-16-14(18)15-7-8-19-12-5-3-2-4-6-12/h2-6,10H,7-9H2,1H3,(H2,15,16,18). The van der Waals surface area contributed by atoms with Crippen molar-refractivity contribution in [3.8, 4) is 0 Å². The summed E-state index contributed by atoms with van der Waals surface area (Å²) in [7, 11) is 0. The Labute approximate surface area is 127 Å².